The molecule has 4 fully saturated rings. The molecule has 0 aromatic heterocycles. The number of hydrogen-bond donors (Lipinski definition) is 0. The second-order valence-electron chi connectivity index (χ2n) is 10.9. The Morgan fingerprint density at radius 3 is 2.00 bits per heavy atom. The van der Waals surface area contributed by atoms with Gasteiger partial charge >= 0.3 is 0 Å². The molecule has 0 unspecified atom stereocenters. The van der Waals surface area contributed by atoms with E-state index in [1.54, 1.807) is 0 Å². The van der Waals surface area contributed by atoms with E-state index in [4.69, 9.17) is 4.74 Å². The van der Waals surface area contributed by atoms with Gasteiger partial charge in [-0.3, -0.25) is 9.80 Å². The highest BCUT2D eigenvalue weighted by atomic mass is 16.5. The third kappa shape index (κ3) is 4.71. The first-order valence-corrected chi connectivity index (χ1v) is 11.7. The summed E-state index contributed by atoms with van der Waals surface area (Å²) in [7, 11) is 0. The minimum absolute atomic E-state index is 0.376. The van der Waals surface area contributed by atoms with Crippen LogP contribution in [0.2, 0.25) is 0 Å². The first-order chi connectivity index (χ1) is 12.9. The van der Waals surface area contributed by atoms with Crippen molar-refractivity contribution in [2.45, 2.75) is 84.4 Å². The van der Waals surface area contributed by atoms with Crippen LogP contribution in [0.4, 0.5) is 0 Å². The summed E-state index contributed by atoms with van der Waals surface area (Å²) in [6.07, 6.45) is 8.97. The van der Waals surface area contributed by atoms with Crippen molar-refractivity contribution in [3.05, 3.63) is 0 Å². The molecule has 4 aliphatic rings. The van der Waals surface area contributed by atoms with Crippen LogP contribution in [0.5, 0.6) is 0 Å². The minimum Gasteiger partial charge on any atom is -0.378 e. The molecule has 0 atom stereocenters. The van der Waals surface area contributed by atoms with E-state index in [1.807, 2.05) is 0 Å². The monoisotopic (exact) mass is 377 g/mol. The van der Waals surface area contributed by atoms with Gasteiger partial charge in [0, 0.05) is 50.2 Å². The van der Waals surface area contributed by atoms with Crippen molar-refractivity contribution in [1.82, 2.24) is 14.7 Å². The first-order valence-electron chi connectivity index (χ1n) is 11.7. The van der Waals surface area contributed by atoms with Crippen molar-refractivity contribution in [3.63, 3.8) is 0 Å². The van der Waals surface area contributed by atoms with E-state index in [2.05, 4.69) is 42.4 Å². The van der Waals surface area contributed by atoms with Gasteiger partial charge in [-0.2, -0.15) is 0 Å². The fourth-order valence-electron chi connectivity index (χ4n) is 5.75. The zero-order valence-electron chi connectivity index (χ0n) is 18.4. The molecule has 0 N–H and O–H groups in total. The highest BCUT2D eigenvalue weighted by molar-refractivity contribution is 5.03. The van der Waals surface area contributed by atoms with Gasteiger partial charge in [-0.1, -0.05) is 0 Å². The Morgan fingerprint density at radius 2 is 1.48 bits per heavy atom. The molecule has 0 aromatic carbocycles. The molecule has 2 saturated heterocycles. The van der Waals surface area contributed by atoms with Crippen LogP contribution in [-0.4, -0.2) is 85.3 Å². The Kier molecular flexibility index (Phi) is 5.91. The van der Waals surface area contributed by atoms with Crippen LogP contribution in [0.25, 0.3) is 0 Å². The second-order valence-corrected chi connectivity index (χ2v) is 10.9. The summed E-state index contributed by atoms with van der Waals surface area (Å²) in [6, 6.07) is 1.60. The highest BCUT2D eigenvalue weighted by Crippen LogP contribution is 2.52. The van der Waals surface area contributed by atoms with Crippen LogP contribution in [0.3, 0.4) is 0 Å². The molecule has 0 bridgehead atoms. The lowest BCUT2D eigenvalue weighted by Crippen LogP contribution is -2.59. The topological polar surface area (TPSA) is 19.0 Å². The summed E-state index contributed by atoms with van der Waals surface area (Å²) >= 11 is 0. The molecule has 4 nitrogen and oxygen atoms in total. The lowest BCUT2D eigenvalue weighted by atomic mass is 9.60. The maximum absolute atomic E-state index is 5.95. The van der Waals surface area contributed by atoms with Gasteiger partial charge in [-0.25, -0.2) is 0 Å². The Hall–Kier alpha value is -0.160. The zero-order valence-corrected chi connectivity index (χ0v) is 18.4. The lowest BCUT2D eigenvalue weighted by molar-refractivity contribution is -0.0620. The summed E-state index contributed by atoms with van der Waals surface area (Å²) in [5.41, 5.74) is 1.20. The zero-order chi connectivity index (χ0) is 19.1. The van der Waals surface area contributed by atoms with E-state index in [0.717, 1.165) is 12.6 Å². The molecule has 2 heterocycles. The number of nitrogens with zero attached hydrogens (tertiary/aromatic N) is 3. The molecule has 0 amide bonds. The van der Waals surface area contributed by atoms with E-state index in [0.29, 0.717) is 23.0 Å². The van der Waals surface area contributed by atoms with E-state index in [9.17, 15) is 0 Å². The van der Waals surface area contributed by atoms with Crippen LogP contribution in [0.15, 0.2) is 0 Å². The van der Waals surface area contributed by atoms with Gasteiger partial charge in [-0.05, 0) is 84.7 Å². The third-order valence-corrected chi connectivity index (χ3v) is 8.09. The fourth-order valence-corrected chi connectivity index (χ4v) is 5.75. The number of piperazine rings is 1. The van der Waals surface area contributed by atoms with Gasteiger partial charge in [0.25, 0.3) is 0 Å². The van der Waals surface area contributed by atoms with Gasteiger partial charge in [0.15, 0.2) is 0 Å². The number of piperidine rings is 1. The van der Waals surface area contributed by atoms with E-state index >= 15 is 0 Å². The Bertz CT molecular complexity index is 478. The van der Waals surface area contributed by atoms with Crippen LogP contribution >= 0.6 is 0 Å². The van der Waals surface area contributed by atoms with E-state index < -0.39 is 0 Å². The molecule has 0 radical (unpaired) electrons. The molecule has 4 heteroatoms. The lowest BCUT2D eigenvalue weighted by Gasteiger charge is -2.56. The normalized spacial score (nSPS) is 29.6. The van der Waals surface area contributed by atoms with Crippen molar-refractivity contribution in [1.29, 1.82) is 0 Å². The molecule has 4 rings (SSSR count). The fraction of sp³-hybridized carbons (Fsp3) is 1.00. The highest BCUT2D eigenvalue weighted by Gasteiger charge is 2.50. The third-order valence-electron chi connectivity index (χ3n) is 8.09. The van der Waals surface area contributed by atoms with Crippen molar-refractivity contribution in [2.24, 2.45) is 10.8 Å². The summed E-state index contributed by atoms with van der Waals surface area (Å²) < 4.78 is 5.95. The number of hydrogen-bond acceptors (Lipinski definition) is 4. The quantitative estimate of drug-likeness (QED) is 0.676. The van der Waals surface area contributed by atoms with E-state index in [-0.39, 0.29) is 0 Å². The maximum Gasteiger partial charge on any atom is 0.0538 e. The first kappa shape index (κ1) is 20.1. The van der Waals surface area contributed by atoms with Crippen LogP contribution in [0.1, 0.15) is 66.2 Å². The minimum atomic E-state index is 0.376. The summed E-state index contributed by atoms with van der Waals surface area (Å²) in [5, 5.41) is 0. The largest absolute Gasteiger partial charge is 0.378 e. The molecule has 2 aliphatic carbocycles. The van der Waals surface area contributed by atoms with Gasteiger partial charge in [0.2, 0.25) is 0 Å². The van der Waals surface area contributed by atoms with E-state index in [1.165, 1.54) is 84.3 Å². The van der Waals surface area contributed by atoms with Gasteiger partial charge in [-0.15, -0.1) is 0 Å². The molecular formula is C23H43N3O. The van der Waals surface area contributed by atoms with Crippen LogP contribution in [-0.2, 0) is 4.74 Å². The predicted octanol–water partition coefficient (Wildman–Crippen LogP) is 3.46. The molecule has 27 heavy (non-hydrogen) atoms. The summed E-state index contributed by atoms with van der Waals surface area (Å²) in [5.74, 6) is 0. The number of rotatable bonds is 7. The van der Waals surface area contributed by atoms with Crippen LogP contribution < -0.4 is 0 Å². The molecule has 1 spiro atoms. The van der Waals surface area contributed by atoms with Crippen molar-refractivity contribution >= 4 is 0 Å². The number of likely N-dealkylation sites (tertiary alicyclic amines) is 1. The van der Waals surface area contributed by atoms with Crippen LogP contribution in [0, 0.1) is 10.8 Å². The predicted molar refractivity (Wildman–Crippen MR) is 112 cm³/mol. The van der Waals surface area contributed by atoms with Gasteiger partial charge in [0.1, 0.15) is 0 Å². The molecule has 2 aliphatic heterocycles. The van der Waals surface area contributed by atoms with Crippen molar-refractivity contribution < 1.29 is 4.74 Å². The second kappa shape index (κ2) is 7.93. The SMILES string of the molecule is CC(C)OCC1(CN2CCC3(CC2)CC(N2CCN(C(C)C)CC2)C3)CC1. The molecule has 2 saturated carbocycles. The standard InChI is InChI=1S/C23H43N3O/c1-19(2)25-11-13-26(14-12-25)21-15-22(16-21)7-9-24(10-8-22)17-23(5-6-23)18-27-20(3)4/h19-21H,5-18H2,1-4H3. The smallest absolute Gasteiger partial charge is 0.0538 e. The summed E-state index contributed by atoms with van der Waals surface area (Å²) in [6.45, 7) is 19.1. The molecule has 0 aromatic rings. The summed E-state index contributed by atoms with van der Waals surface area (Å²) in [4.78, 5) is 8.20. The number of ether oxygens (including phenoxy) is 1. The molecule has 156 valence electrons. The Morgan fingerprint density at radius 1 is 0.852 bits per heavy atom. The van der Waals surface area contributed by atoms with Gasteiger partial charge in [0.05, 0.1) is 12.7 Å². The average molecular weight is 378 g/mol. The van der Waals surface area contributed by atoms with Crippen molar-refractivity contribution in [3.8, 4) is 0 Å². The van der Waals surface area contributed by atoms with Crippen molar-refractivity contribution in [2.75, 3.05) is 52.4 Å². The Labute approximate surface area is 167 Å². The van der Waals surface area contributed by atoms with Gasteiger partial charge < -0.3 is 9.64 Å². The molecular weight excluding hydrogens is 334 g/mol. The maximum atomic E-state index is 5.95. The average Bonchev–Trinajstić information content (AvgIpc) is 3.39. The Balaban J connectivity index is 1.17.